The zero-order valence-corrected chi connectivity index (χ0v) is 15.1. The molecule has 0 spiro atoms. The van der Waals surface area contributed by atoms with Gasteiger partial charge in [-0.1, -0.05) is 0 Å². The van der Waals surface area contributed by atoms with Crippen molar-refractivity contribution in [3.05, 3.63) is 29.3 Å². The maximum atomic E-state index is 12.9. The largest absolute Gasteiger partial charge is 0.497 e. The van der Waals surface area contributed by atoms with E-state index in [0.717, 1.165) is 44.2 Å². The first-order valence-electron chi connectivity index (χ1n) is 8.97. The van der Waals surface area contributed by atoms with Gasteiger partial charge in [-0.15, -0.1) is 0 Å². The smallest absolute Gasteiger partial charge is 0.254 e. The van der Waals surface area contributed by atoms with Crippen LogP contribution in [0.5, 0.6) is 5.75 Å². The second-order valence-electron chi connectivity index (χ2n) is 7.01. The molecule has 6 nitrogen and oxygen atoms in total. The van der Waals surface area contributed by atoms with E-state index in [1.807, 2.05) is 30.0 Å². The molecule has 2 fully saturated rings. The van der Waals surface area contributed by atoms with Crippen molar-refractivity contribution in [2.75, 3.05) is 59.7 Å². The Morgan fingerprint density at radius 3 is 2.64 bits per heavy atom. The maximum Gasteiger partial charge on any atom is 0.254 e. The molecule has 2 atom stereocenters. The number of methoxy groups -OCH3 is 1. The van der Waals surface area contributed by atoms with Gasteiger partial charge < -0.3 is 19.5 Å². The standard InChI is InChI=1S/C19H28N2O4/c1-14-9-17(24-2)3-4-18(14)19(23)21-11-15(16(12-21)13-22)10-20-5-7-25-8-6-20/h3-4,9,15-16,22H,5-8,10-13H2,1-2H3/t15-,16-/m1/s1. The molecule has 1 amide bonds. The predicted molar refractivity (Wildman–Crippen MR) is 95.0 cm³/mol. The van der Waals surface area contributed by atoms with E-state index in [-0.39, 0.29) is 18.4 Å². The number of likely N-dealkylation sites (tertiary alicyclic amines) is 1. The zero-order valence-electron chi connectivity index (χ0n) is 15.1. The summed E-state index contributed by atoms with van der Waals surface area (Å²) >= 11 is 0. The zero-order chi connectivity index (χ0) is 17.8. The van der Waals surface area contributed by atoms with Crippen LogP contribution in [-0.4, -0.2) is 80.5 Å². The molecule has 1 aromatic carbocycles. The van der Waals surface area contributed by atoms with E-state index in [0.29, 0.717) is 24.6 Å². The van der Waals surface area contributed by atoms with E-state index in [1.165, 1.54) is 0 Å². The summed E-state index contributed by atoms with van der Waals surface area (Å²) in [6.45, 7) is 7.69. The number of ether oxygens (including phenoxy) is 2. The molecule has 0 radical (unpaired) electrons. The molecule has 138 valence electrons. The third kappa shape index (κ3) is 4.14. The molecular weight excluding hydrogens is 320 g/mol. The van der Waals surface area contributed by atoms with Gasteiger partial charge in [0.05, 0.1) is 20.3 Å². The van der Waals surface area contributed by atoms with Crippen LogP contribution in [0.1, 0.15) is 15.9 Å². The minimum absolute atomic E-state index is 0.0445. The minimum atomic E-state index is 0.0445. The molecule has 0 aliphatic carbocycles. The monoisotopic (exact) mass is 348 g/mol. The number of hydrogen-bond donors (Lipinski definition) is 1. The first kappa shape index (κ1) is 18.2. The van der Waals surface area contributed by atoms with Gasteiger partial charge in [-0.2, -0.15) is 0 Å². The fourth-order valence-corrected chi connectivity index (χ4v) is 3.81. The quantitative estimate of drug-likeness (QED) is 0.861. The van der Waals surface area contributed by atoms with Crippen LogP contribution in [0.3, 0.4) is 0 Å². The highest BCUT2D eigenvalue weighted by molar-refractivity contribution is 5.96. The van der Waals surface area contributed by atoms with Crippen LogP contribution < -0.4 is 4.74 Å². The van der Waals surface area contributed by atoms with Crippen LogP contribution in [0.15, 0.2) is 18.2 Å². The SMILES string of the molecule is COc1ccc(C(=O)N2C[C@@H](CN3CCOCC3)[C@@H](CO)C2)c(C)c1. The Hall–Kier alpha value is -1.63. The van der Waals surface area contributed by atoms with E-state index in [1.54, 1.807) is 7.11 Å². The summed E-state index contributed by atoms with van der Waals surface area (Å²) in [5.74, 6) is 1.26. The van der Waals surface area contributed by atoms with Gasteiger partial charge in [-0.25, -0.2) is 0 Å². The van der Waals surface area contributed by atoms with Gasteiger partial charge in [0.25, 0.3) is 5.91 Å². The molecule has 25 heavy (non-hydrogen) atoms. The Balaban J connectivity index is 1.67. The lowest BCUT2D eigenvalue weighted by atomic mass is 9.96. The molecule has 2 saturated heterocycles. The lowest BCUT2D eigenvalue weighted by Gasteiger charge is -2.30. The second-order valence-corrected chi connectivity index (χ2v) is 7.01. The van der Waals surface area contributed by atoms with Crippen molar-refractivity contribution in [2.45, 2.75) is 6.92 Å². The summed E-state index contributed by atoms with van der Waals surface area (Å²) in [5.41, 5.74) is 1.63. The summed E-state index contributed by atoms with van der Waals surface area (Å²) in [7, 11) is 1.62. The van der Waals surface area contributed by atoms with E-state index in [9.17, 15) is 9.90 Å². The summed E-state index contributed by atoms with van der Waals surface area (Å²) in [5, 5.41) is 9.76. The van der Waals surface area contributed by atoms with Crippen LogP contribution in [-0.2, 0) is 4.74 Å². The van der Waals surface area contributed by atoms with Crippen molar-refractivity contribution >= 4 is 5.91 Å². The van der Waals surface area contributed by atoms with Crippen molar-refractivity contribution in [3.63, 3.8) is 0 Å². The van der Waals surface area contributed by atoms with E-state index >= 15 is 0 Å². The maximum absolute atomic E-state index is 12.9. The van der Waals surface area contributed by atoms with Crippen LogP contribution >= 0.6 is 0 Å². The Labute approximate surface area is 149 Å². The highest BCUT2D eigenvalue weighted by Crippen LogP contribution is 2.27. The van der Waals surface area contributed by atoms with Crippen molar-refractivity contribution in [1.82, 2.24) is 9.80 Å². The first-order valence-corrected chi connectivity index (χ1v) is 8.97. The molecule has 3 rings (SSSR count). The second kappa shape index (κ2) is 8.17. The van der Waals surface area contributed by atoms with Gasteiger partial charge in [0, 0.05) is 50.8 Å². The van der Waals surface area contributed by atoms with Crippen molar-refractivity contribution < 1.29 is 19.4 Å². The summed E-state index contributed by atoms with van der Waals surface area (Å²) in [6.07, 6.45) is 0. The average molecular weight is 348 g/mol. The normalized spacial score (nSPS) is 24.5. The van der Waals surface area contributed by atoms with E-state index < -0.39 is 0 Å². The number of carbonyl (C=O) groups is 1. The molecule has 2 heterocycles. The van der Waals surface area contributed by atoms with Gasteiger partial charge in [0.1, 0.15) is 5.75 Å². The number of rotatable bonds is 5. The number of aliphatic hydroxyl groups excluding tert-OH is 1. The Morgan fingerprint density at radius 1 is 1.28 bits per heavy atom. The predicted octanol–water partition coefficient (Wildman–Crippen LogP) is 1.02. The van der Waals surface area contributed by atoms with Crippen molar-refractivity contribution in [3.8, 4) is 5.75 Å². The Kier molecular flexibility index (Phi) is 5.93. The van der Waals surface area contributed by atoms with E-state index in [2.05, 4.69) is 4.90 Å². The van der Waals surface area contributed by atoms with Crippen LogP contribution in [0.2, 0.25) is 0 Å². The summed E-state index contributed by atoms with van der Waals surface area (Å²) in [4.78, 5) is 17.2. The van der Waals surface area contributed by atoms with Gasteiger partial charge in [0.2, 0.25) is 0 Å². The van der Waals surface area contributed by atoms with Crippen LogP contribution in [0.4, 0.5) is 0 Å². The third-order valence-electron chi connectivity index (χ3n) is 5.36. The Bertz CT molecular complexity index is 601. The van der Waals surface area contributed by atoms with Crippen molar-refractivity contribution in [1.29, 1.82) is 0 Å². The molecule has 0 unspecified atom stereocenters. The molecule has 1 N–H and O–H groups in total. The number of benzene rings is 1. The third-order valence-corrected chi connectivity index (χ3v) is 5.36. The molecule has 1 aromatic rings. The molecule has 0 bridgehead atoms. The molecule has 2 aliphatic rings. The number of hydrogen-bond acceptors (Lipinski definition) is 5. The first-order chi connectivity index (χ1) is 12.1. The number of aryl methyl sites for hydroxylation is 1. The number of aliphatic hydroxyl groups is 1. The van der Waals surface area contributed by atoms with Gasteiger partial charge in [-0.05, 0) is 36.6 Å². The number of carbonyl (C=O) groups excluding carboxylic acids is 1. The molecule has 0 saturated carbocycles. The summed E-state index contributed by atoms with van der Waals surface area (Å²) < 4.78 is 10.6. The van der Waals surface area contributed by atoms with Crippen LogP contribution in [0, 0.1) is 18.8 Å². The summed E-state index contributed by atoms with van der Waals surface area (Å²) in [6, 6.07) is 5.54. The molecular formula is C19H28N2O4. The van der Waals surface area contributed by atoms with Gasteiger partial charge in [0.15, 0.2) is 0 Å². The molecule has 6 heteroatoms. The number of nitrogens with zero attached hydrogens (tertiary/aromatic N) is 2. The topological polar surface area (TPSA) is 62.2 Å². The fourth-order valence-electron chi connectivity index (χ4n) is 3.81. The lowest BCUT2D eigenvalue weighted by molar-refractivity contribution is 0.0264. The lowest BCUT2D eigenvalue weighted by Crippen LogP contribution is -2.41. The van der Waals surface area contributed by atoms with E-state index in [4.69, 9.17) is 9.47 Å². The number of amides is 1. The molecule has 2 aliphatic heterocycles. The fraction of sp³-hybridized carbons (Fsp3) is 0.632. The van der Waals surface area contributed by atoms with Gasteiger partial charge in [-0.3, -0.25) is 9.69 Å². The highest BCUT2D eigenvalue weighted by Gasteiger charge is 2.36. The minimum Gasteiger partial charge on any atom is -0.497 e. The highest BCUT2D eigenvalue weighted by atomic mass is 16.5. The Morgan fingerprint density at radius 2 is 2.00 bits per heavy atom. The number of morpholine rings is 1. The molecule has 0 aromatic heterocycles. The van der Waals surface area contributed by atoms with Crippen LogP contribution in [0.25, 0.3) is 0 Å². The van der Waals surface area contributed by atoms with Gasteiger partial charge >= 0.3 is 0 Å². The van der Waals surface area contributed by atoms with Crippen molar-refractivity contribution in [2.24, 2.45) is 11.8 Å². The average Bonchev–Trinajstić information content (AvgIpc) is 3.04.